The van der Waals surface area contributed by atoms with E-state index >= 15 is 0 Å². The molecule has 1 aromatic carbocycles. The lowest BCUT2D eigenvalue weighted by Gasteiger charge is -1.96. The second kappa shape index (κ2) is 3.53. The van der Waals surface area contributed by atoms with Crippen LogP contribution in [-0.4, -0.2) is 21.2 Å². The van der Waals surface area contributed by atoms with Crippen molar-refractivity contribution in [3.8, 4) is 11.4 Å². The Morgan fingerprint density at radius 3 is 2.87 bits per heavy atom. The number of carbonyl (C=O) groups is 1. The van der Waals surface area contributed by atoms with Crippen molar-refractivity contribution in [2.75, 3.05) is 0 Å². The van der Waals surface area contributed by atoms with E-state index in [1.807, 2.05) is 0 Å². The third kappa shape index (κ3) is 1.85. The van der Waals surface area contributed by atoms with Gasteiger partial charge in [-0.25, -0.2) is 4.79 Å². The van der Waals surface area contributed by atoms with Gasteiger partial charge in [-0.15, -0.1) is 0 Å². The number of aryl methyl sites for hydroxylation is 1. The van der Waals surface area contributed by atoms with E-state index in [9.17, 15) is 4.79 Å². The molecule has 15 heavy (non-hydrogen) atoms. The summed E-state index contributed by atoms with van der Waals surface area (Å²) in [7, 11) is 0. The summed E-state index contributed by atoms with van der Waals surface area (Å²) in [5.74, 6) is -0.126. The number of aromatic nitrogens is 2. The van der Waals surface area contributed by atoms with Crippen molar-refractivity contribution in [1.29, 1.82) is 0 Å². The fourth-order valence-corrected chi connectivity index (χ4v) is 1.21. The molecule has 5 nitrogen and oxygen atoms in total. The highest BCUT2D eigenvalue weighted by molar-refractivity contribution is 5.89. The van der Waals surface area contributed by atoms with Crippen LogP contribution in [-0.2, 0) is 0 Å². The van der Waals surface area contributed by atoms with Gasteiger partial charge in [-0.3, -0.25) is 0 Å². The first kappa shape index (κ1) is 9.39. The third-order valence-corrected chi connectivity index (χ3v) is 1.90. The van der Waals surface area contributed by atoms with Crippen molar-refractivity contribution >= 4 is 5.97 Å². The summed E-state index contributed by atoms with van der Waals surface area (Å²) in [6.45, 7) is 1.68. The lowest BCUT2D eigenvalue weighted by atomic mass is 10.1. The van der Waals surface area contributed by atoms with E-state index in [1.54, 1.807) is 19.1 Å². The van der Waals surface area contributed by atoms with E-state index in [1.165, 1.54) is 12.1 Å². The van der Waals surface area contributed by atoms with E-state index < -0.39 is 5.97 Å². The minimum absolute atomic E-state index is 0.204. The lowest BCUT2D eigenvalue weighted by molar-refractivity contribution is 0.0697. The Bertz CT molecular complexity index is 505. The van der Waals surface area contributed by atoms with Crippen LogP contribution < -0.4 is 0 Å². The van der Waals surface area contributed by atoms with Gasteiger partial charge >= 0.3 is 5.97 Å². The molecule has 1 aromatic heterocycles. The molecule has 76 valence electrons. The molecule has 0 saturated heterocycles. The Labute approximate surface area is 85.4 Å². The van der Waals surface area contributed by atoms with Gasteiger partial charge < -0.3 is 9.63 Å². The summed E-state index contributed by atoms with van der Waals surface area (Å²) in [6.07, 6.45) is 0. The Morgan fingerprint density at radius 1 is 1.47 bits per heavy atom. The van der Waals surface area contributed by atoms with Gasteiger partial charge in [0.25, 0.3) is 0 Å². The van der Waals surface area contributed by atoms with Gasteiger partial charge in [-0.2, -0.15) is 4.98 Å². The lowest BCUT2D eigenvalue weighted by Crippen LogP contribution is -1.96. The average Bonchev–Trinajstić information content (AvgIpc) is 2.65. The second-order valence-electron chi connectivity index (χ2n) is 3.02. The normalized spacial score (nSPS) is 10.2. The molecular weight excluding hydrogens is 196 g/mol. The van der Waals surface area contributed by atoms with E-state index in [2.05, 4.69) is 10.1 Å². The molecule has 2 aromatic rings. The summed E-state index contributed by atoms with van der Waals surface area (Å²) in [5, 5.41) is 12.5. The van der Waals surface area contributed by atoms with Crippen LogP contribution in [0.25, 0.3) is 11.4 Å². The highest BCUT2D eigenvalue weighted by atomic mass is 16.5. The molecule has 0 aliphatic rings. The van der Waals surface area contributed by atoms with Gasteiger partial charge in [-0.1, -0.05) is 17.3 Å². The highest BCUT2D eigenvalue weighted by Gasteiger charge is 2.08. The van der Waals surface area contributed by atoms with Crippen molar-refractivity contribution < 1.29 is 14.4 Å². The fourth-order valence-electron chi connectivity index (χ4n) is 1.21. The molecule has 1 N–H and O–H groups in total. The average molecular weight is 204 g/mol. The quantitative estimate of drug-likeness (QED) is 0.806. The number of carboxylic acids is 1. The van der Waals surface area contributed by atoms with Crippen LogP contribution in [0, 0.1) is 6.92 Å². The summed E-state index contributed by atoms with van der Waals surface area (Å²) in [4.78, 5) is 14.7. The summed E-state index contributed by atoms with van der Waals surface area (Å²) < 4.78 is 4.81. The van der Waals surface area contributed by atoms with E-state index in [-0.39, 0.29) is 5.56 Å². The summed E-state index contributed by atoms with van der Waals surface area (Å²) in [5.41, 5.74) is 0.835. The van der Waals surface area contributed by atoms with Crippen molar-refractivity contribution in [1.82, 2.24) is 10.1 Å². The minimum atomic E-state index is -0.975. The topological polar surface area (TPSA) is 76.2 Å². The highest BCUT2D eigenvalue weighted by Crippen LogP contribution is 2.16. The summed E-state index contributed by atoms with van der Waals surface area (Å²) in [6, 6.07) is 6.40. The van der Waals surface area contributed by atoms with Crippen molar-refractivity contribution in [3.05, 3.63) is 35.7 Å². The number of carboxylic acid groups (broad SMARTS) is 1. The maximum Gasteiger partial charge on any atom is 0.335 e. The van der Waals surface area contributed by atoms with E-state index in [0.717, 1.165) is 0 Å². The van der Waals surface area contributed by atoms with Crippen molar-refractivity contribution in [2.24, 2.45) is 0 Å². The fraction of sp³-hybridized carbons (Fsp3) is 0.100. The van der Waals surface area contributed by atoms with Gasteiger partial charge in [0.1, 0.15) is 0 Å². The molecule has 0 bridgehead atoms. The van der Waals surface area contributed by atoms with E-state index in [4.69, 9.17) is 9.63 Å². The molecule has 0 aliphatic carbocycles. The Morgan fingerprint density at radius 2 is 2.27 bits per heavy atom. The van der Waals surface area contributed by atoms with Crippen molar-refractivity contribution in [3.63, 3.8) is 0 Å². The van der Waals surface area contributed by atoms with Crippen LogP contribution in [0.4, 0.5) is 0 Å². The SMILES string of the molecule is Cc1nc(-c2cccc(C(=O)O)c2)no1. The Hall–Kier alpha value is -2.17. The molecule has 0 aliphatic heterocycles. The smallest absolute Gasteiger partial charge is 0.335 e. The second-order valence-corrected chi connectivity index (χ2v) is 3.02. The van der Waals surface area contributed by atoms with Crippen LogP contribution in [0.1, 0.15) is 16.2 Å². The molecule has 0 spiro atoms. The number of hydrogen-bond acceptors (Lipinski definition) is 4. The number of benzene rings is 1. The maximum absolute atomic E-state index is 10.7. The molecule has 0 radical (unpaired) electrons. The van der Waals surface area contributed by atoms with Crippen LogP contribution in [0.15, 0.2) is 28.8 Å². The first-order valence-corrected chi connectivity index (χ1v) is 4.31. The first-order valence-electron chi connectivity index (χ1n) is 4.31. The van der Waals surface area contributed by atoms with Gasteiger partial charge in [0.15, 0.2) is 0 Å². The van der Waals surface area contributed by atoms with Crippen molar-refractivity contribution in [2.45, 2.75) is 6.92 Å². The molecule has 5 heteroatoms. The zero-order valence-electron chi connectivity index (χ0n) is 7.97. The molecule has 0 fully saturated rings. The molecule has 0 unspecified atom stereocenters. The zero-order valence-corrected chi connectivity index (χ0v) is 7.97. The number of aromatic carboxylic acids is 1. The Balaban J connectivity index is 2.45. The molecule has 0 amide bonds. The molecule has 0 saturated carbocycles. The number of hydrogen-bond donors (Lipinski definition) is 1. The van der Waals surface area contributed by atoms with Crippen LogP contribution in [0.2, 0.25) is 0 Å². The van der Waals surface area contributed by atoms with Gasteiger partial charge in [0.05, 0.1) is 5.56 Å². The molecular formula is C10H8N2O3. The van der Waals surface area contributed by atoms with Gasteiger partial charge in [-0.05, 0) is 12.1 Å². The van der Waals surface area contributed by atoms with Crippen LogP contribution in [0.3, 0.4) is 0 Å². The van der Waals surface area contributed by atoms with Crippen LogP contribution in [0.5, 0.6) is 0 Å². The van der Waals surface area contributed by atoms with Gasteiger partial charge in [0, 0.05) is 12.5 Å². The molecule has 0 atom stereocenters. The maximum atomic E-state index is 10.7. The van der Waals surface area contributed by atoms with Crippen LogP contribution >= 0.6 is 0 Å². The standard InChI is InChI=1S/C10H8N2O3/c1-6-11-9(12-15-6)7-3-2-4-8(5-7)10(13)14/h2-5H,1H3,(H,13,14). The predicted molar refractivity (Wildman–Crippen MR) is 51.4 cm³/mol. The summed E-state index contributed by atoms with van der Waals surface area (Å²) >= 11 is 0. The Kier molecular flexibility index (Phi) is 2.21. The molecule has 2 rings (SSSR count). The largest absolute Gasteiger partial charge is 0.478 e. The monoisotopic (exact) mass is 204 g/mol. The molecule has 1 heterocycles. The minimum Gasteiger partial charge on any atom is -0.478 e. The third-order valence-electron chi connectivity index (χ3n) is 1.90. The number of nitrogens with zero attached hydrogens (tertiary/aromatic N) is 2. The zero-order chi connectivity index (χ0) is 10.8. The first-order chi connectivity index (χ1) is 7.16. The number of rotatable bonds is 2. The predicted octanol–water partition coefficient (Wildman–Crippen LogP) is 1.74. The van der Waals surface area contributed by atoms with E-state index in [0.29, 0.717) is 17.3 Å². The van der Waals surface area contributed by atoms with Gasteiger partial charge in [0.2, 0.25) is 11.7 Å².